The van der Waals surface area contributed by atoms with Crippen LogP contribution in [0.1, 0.15) is 13.8 Å². The van der Waals surface area contributed by atoms with Crippen molar-refractivity contribution < 1.29 is 17.2 Å². The fraction of sp³-hybridized carbons (Fsp3) is 1.00. The second-order valence-electron chi connectivity index (χ2n) is 2.28. The highest BCUT2D eigenvalue weighted by Crippen LogP contribution is 1.90. The second kappa shape index (κ2) is 5.47. The van der Waals surface area contributed by atoms with Crippen LogP contribution in [0.15, 0.2) is 0 Å². The van der Waals surface area contributed by atoms with E-state index in [4.69, 9.17) is 4.55 Å². The van der Waals surface area contributed by atoms with Crippen molar-refractivity contribution in [3.8, 4) is 0 Å². The van der Waals surface area contributed by atoms with Gasteiger partial charge < -0.3 is 4.90 Å². The molecule has 0 saturated carbocycles. The Kier molecular flexibility index (Phi) is 5.39. The molecule has 12 heavy (non-hydrogen) atoms. The third kappa shape index (κ3) is 6.53. The van der Waals surface area contributed by atoms with Crippen molar-refractivity contribution in [2.75, 3.05) is 26.2 Å². The lowest BCUT2D eigenvalue weighted by Crippen LogP contribution is -2.27. The van der Waals surface area contributed by atoms with Gasteiger partial charge in [-0.15, -0.1) is 0 Å². The van der Waals surface area contributed by atoms with Gasteiger partial charge in [0.15, 0.2) is 0 Å². The van der Waals surface area contributed by atoms with E-state index in [1.165, 1.54) is 0 Å². The fourth-order valence-electron chi connectivity index (χ4n) is 0.812. The maximum absolute atomic E-state index is 10.1. The molecule has 0 aromatic carbocycles. The maximum atomic E-state index is 10.1. The Labute approximate surface area is 73.3 Å². The van der Waals surface area contributed by atoms with Crippen LogP contribution in [0.5, 0.6) is 0 Å². The van der Waals surface area contributed by atoms with Crippen molar-refractivity contribution >= 4 is 10.4 Å². The molecule has 0 heterocycles. The summed E-state index contributed by atoms with van der Waals surface area (Å²) >= 11 is 0. The molecule has 0 rings (SSSR count). The predicted molar refractivity (Wildman–Crippen MR) is 45.3 cm³/mol. The van der Waals surface area contributed by atoms with Crippen molar-refractivity contribution in [2.45, 2.75) is 13.8 Å². The zero-order chi connectivity index (χ0) is 9.61. The summed E-state index contributed by atoms with van der Waals surface area (Å²) in [5.41, 5.74) is 0. The molecule has 0 bridgehead atoms. The zero-order valence-corrected chi connectivity index (χ0v) is 8.17. The van der Waals surface area contributed by atoms with Crippen LogP contribution in [0.2, 0.25) is 0 Å². The van der Waals surface area contributed by atoms with E-state index in [-0.39, 0.29) is 6.61 Å². The summed E-state index contributed by atoms with van der Waals surface area (Å²) in [5.74, 6) is 0. The quantitative estimate of drug-likeness (QED) is 0.614. The summed E-state index contributed by atoms with van der Waals surface area (Å²) < 4.78 is 32.6. The molecular weight excluding hydrogens is 182 g/mol. The Balaban J connectivity index is 3.55. The topological polar surface area (TPSA) is 66.8 Å². The van der Waals surface area contributed by atoms with Crippen molar-refractivity contribution in [1.29, 1.82) is 0 Å². The first-order valence-electron chi connectivity index (χ1n) is 3.83. The van der Waals surface area contributed by atoms with Gasteiger partial charge in [-0.05, 0) is 13.1 Å². The van der Waals surface area contributed by atoms with E-state index in [1.807, 2.05) is 18.7 Å². The minimum Gasteiger partial charge on any atom is -0.302 e. The van der Waals surface area contributed by atoms with Crippen LogP contribution < -0.4 is 0 Å². The first-order valence-corrected chi connectivity index (χ1v) is 5.20. The molecule has 0 fully saturated rings. The van der Waals surface area contributed by atoms with Crippen molar-refractivity contribution in [3.63, 3.8) is 0 Å². The molecular formula is C6H15NO4S. The average molecular weight is 197 g/mol. The average Bonchev–Trinajstić information content (AvgIpc) is 1.96. The van der Waals surface area contributed by atoms with Crippen LogP contribution in [0.4, 0.5) is 0 Å². The van der Waals surface area contributed by atoms with Crippen molar-refractivity contribution in [3.05, 3.63) is 0 Å². The summed E-state index contributed by atoms with van der Waals surface area (Å²) in [6.45, 7) is 6.12. The van der Waals surface area contributed by atoms with Gasteiger partial charge in [0.05, 0.1) is 6.61 Å². The van der Waals surface area contributed by atoms with Crippen LogP contribution in [-0.2, 0) is 14.6 Å². The Hall–Kier alpha value is -0.170. The summed E-state index contributed by atoms with van der Waals surface area (Å²) in [6, 6.07) is 0. The summed E-state index contributed by atoms with van der Waals surface area (Å²) in [6.07, 6.45) is 0. The Morgan fingerprint density at radius 3 is 2.17 bits per heavy atom. The normalized spacial score (nSPS) is 12.3. The SMILES string of the molecule is CCN(CC)CCOS(=O)(=O)O. The van der Waals surface area contributed by atoms with E-state index in [2.05, 4.69) is 4.18 Å². The molecule has 0 unspecified atom stereocenters. The van der Waals surface area contributed by atoms with E-state index in [0.29, 0.717) is 6.54 Å². The minimum atomic E-state index is -4.26. The minimum absolute atomic E-state index is 0.000509. The molecule has 0 saturated heterocycles. The molecule has 0 spiro atoms. The standard InChI is InChI=1S/C6H15NO4S/c1-3-7(4-2)5-6-11-12(8,9)10/h3-6H2,1-2H3,(H,8,9,10). The highest BCUT2D eigenvalue weighted by molar-refractivity contribution is 7.80. The highest BCUT2D eigenvalue weighted by atomic mass is 32.3. The highest BCUT2D eigenvalue weighted by Gasteiger charge is 2.05. The van der Waals surface area contributed by atoms with Crippen LogP contribution in [0.3, 0.4) is 0 Å². The van der Waals surface area contributed by atoms with Crippen molar-refractivity contribution in [1.82, 2.24) is 4.90 Å². The molecule has 74 valence electrons. The van der Waals surface area contributed by atoms with Gasteiger partial charge in [0.2, 0.25) is 0 Å². The van der Waals surface area contributed by atoms with E-state index >= 15 is 0 Å². The number of hydrogen-bond donors (Lipinski definition) is 1. The molecule has 0 aliphatic carbocycles. The first-order chi connectivity index (χ1) is 5.49. The predicted octanol–water partition coefficient (Wildman–Crippen LogP) is 0.148. The van der Waals surface area contributed by atoms with Gasteiger partial charge in [-0.1, -0.05) is 13.8 Å². The molecule has 0 aliphatic rings. The summed E-state index contributed by atoms with van der Waals surface area (Å²) in [4.78, 5) is 1.99. The van der Waals surface area contributed by atoms with Crippen LogP contribution in [0.25, 0.3) is 0 Å². The maximum Gasteiger partial charge on any atom is 0.397 e. The number of rotatable bonds is 6. The van der Waals surface area contributed by atoms with Crippen LogP contribution in [0, 0.1) is 0 Å². The number of likely N-dealkylation sites (N-methyl/N-ethyl adjacent to an activating group) is 1. The van der Waals surface area contributed by atoms with E-state index < -0.39 is 10.4 Å². The van der Waals surface area contributed by atoms with E-state index in [9.17, 15) is 8.42 Å². The van der Waals surface area contributed by atoms with E-state index in [1.54, 1.807) is 0 Å². The third-order valence-corrected chi connectivity index (χ3v) is 2.00. The first kappa shape index (κ1) is 11.8. The largest absolute Gasteiger partial charge is 0.397 e. The molecule has 6 heteroatoms. The number of nitrogens with zero attached hydrogens (tertiary/aromatic N) is 1. The molecule has 0 radical (unpaired) electrons. The monoisotopic (exact) mass is 197 g/mol. The Morgan fingerprint density at radius 2 is 1.83 bits per heavy atom. The summed E-state index contributed by atoms with van der Waals surface area (Å²) in [7, 11) is -4.26. The lowest BCUT2D eigenvalue weighted by atomic mass is 10.5. The molecule has 0 amide bonds. The fourth-order valence-corrected chi connectivity index (χ4v) is 1.10. The molecule has 0 aromatic rings. The lowest BCUT2D eigenvalue weighted by Gasteiger charge is -2.16. The molecule has 0 aromatic heterocycles. The van der Waals surface area contributed by atoms with Gasteiger partial charge in [-0.3, -0.25) is 4.55 Å². The Bertz CT molecular complexity index is 198. The van der Waals surface area contributed by atoms with Gasteiger partial charge in [0, 0.05) is 6.54 Å². The van der Waals surface area contributed by atoms with E-state index in [0.717, 1.165) is 13.1 Å². The smallest absolute Gasteiger partial charge is 0.302 e. The number of hydrogen-bond acceptors (Lipinski definition) is 4. The Morgan fingerprint density at radius 1 is 1.33 bits per heavy atom. The van der Waals surface area contributed by atoms with Crippen LogP contribution in [-0.4, -0.2) is 44.1 Å². The lowest BCUT2D eigenvalue weighted by molar-refractivity contribution is 0.208. The van der Waals surface area contributed by atoms with Gasteiger partial charge in [-0.2, -0.15) is 8.42 Å². The molecule has 0 atom stereocenters. The molecule has 0 aliphatic heterocycles. The van der Waals surface area contributed by atoms with Crippen molar-refractivity contribution in [2.24, 2.45) is 0 Å². The molecule has 1 N–H and O–H groups in total. The van der Waals surface area contributed by atoms with Crippen LogP contribution >= 0.6 is 0 Å². The molecule has 5 nitrogen and oxygen atoms in total. The van der Waals surface area contributed by atoms with Gasteiger partial charge in [0.1, 0.15) is 0 Å². The zero-order valence-electron chi connectivity index (χ0n) is 7.36. The summed E-state index contributed by atoms with van der Waals surface area (Å²) in [5, 5.41) is 0. The van der Waals surface area contributed by atoms with Gasteiger partial charge in [-0.25, -0.2) is 4.18 Å². The van der Waals surface area contributed by atoms with Gasteiger partial charge >= 0.3 is 10.4 Å². The second-order valence-corrected chi connectivity index (χ2v) is 3.37. The van der Waals surface area contributed by atoms with Gasteiger partial charge in [0.25, 0.3) is 0 Å². The third-order valence-electron chi connectivity index (χ3n) is 1.53.